The third-order valence-corrected chi connectivity index (χ3v) is 5.05. The zero-order valence-corrected chi connectivity index (χ0v) is 10.7. The molecule has 0 amide bonds. The van der Waals surface area contributed by atoms with E-state index in [0.717, 1.165) is 6.07 Å². The van der Waals surface area contributed by atoms with Crippen LogP contribution in [0.1, 0.15) is 12.8 Å². The molecule has 18 heavy (non-hydrogen) atoms. The van der Waals surface area contributed by atoms with Gasteiger partial charge in [0.05, 0.1) is 0 Å². The first-order valence-electron chi connectivity index (χ1n) is 5.86. The number of hydrogen-bond donors (Lipinski definition) is 1. The number of halogens is 1. The second-order valence-corrected chi connectivity index (χ2v) is 6.23. The third kappa shape index (κ3) is 2.52. The van der Waals surface area contributed by atoms with Crippen LogP contribution in [0.25, 0.3) is 0 Å². The molecule has 1 aliphatic rings. The summed E-state index contributed by atoms with van der Waals surface area (Å²) < 4.78 is 39.2. The van der Waals surface area contributed by atoms with Gasteiger partial charge in [0.25, 0.3) is 10.0 Å². The van der Waals surface area contributed by atoms with Crippen molar-refractivity contribution in [3.8, 4) is 0 Å². The van der Waals surface area contributed by atoms with Crippen LogP contribution in [0.3, 0.4) is 0 Å². The Morgan fingerprint density at radius 2 is 2.11 bits per heavy atom. The predicted molar refractivity (Wildman–Crippen MR) is 64.7 cm³/mol. The Morgan fingerprint density at radius 1 is 1.44 bits per heavy atom. The van der Waals surface area contributed by atoms with Gasteiger partial charge in [-0.1, -0.05) is 0 Å². The molecule has 0 aliphatic carbocycles. The zero-order chi connectivity index (χ0) is 13.2. The second-order valence-electron chi connectivity index (χ2n) is 4.37. The summed E-state index contributed by atoms with van der Waals surface area (Å²) in [5.74, 6) is -0.455. The van der Waals surface area contributed by atoms with Crippen LogP contribution in [-0.2, 0) is 10.0 Å². The number of sulfonamides is 1. The molecule has 1 saturated heterocycles. The van der Waals surface area contributed by atoms with Crippen LogP contribution in [0.5, 0.6) is 0 Å². The Bertz CT molecular complexity index is 513. The molecule has 0 atom stereocenters. The fraction of sp³-hybridized carbons (Fsp3) is 0.545. The minimum atomic E-state index is -3.82. The van der Waals surface area contributed by atoms with Gasteiger partial charge in [0, 0.05) is 19.3 Å². The van der Waals surface area contributed by atoms with E-state index in [-0.39, 0.29) is 0 Å². The monoisotopic (exact) mass is 273 g/mol. The molecule has 0 aromatic carbocycles. The van der Waals surface area contributed by atoms with Gasteiger partial charge < -0.3 is 5.73 Å². The Hall–Kier alpha value is -1.05. The molecule has 1 aromatic heterocycles. The highest BCUT2D eigenvalue weighted by Crippen LogP contribution is 2.23. The van der Waals surface area contributed by atoms with E-state index in [2.05, 4.69) is 4.98 Å². The lowest BCUT2D eigenvalue weighted by Gasteiger charge is -2.30. The van der Waals surface area contributed by atoms with E-state index in [9.17, 15) is 12.8 Å². The maximum absolute atomic E-state index is 13.5. The number of piperidine rings is 1. The van der Waals surface area contributed by atoms with Crippen molar-refractivity contribution < 1.29 is 12.8 Å². The molecular formula is C11H16FN3O2S. The number of nitrogens with two attached hydrogens (primary N) is 1. The molecule has 1 aromatic rings. The maximum atomic E-state index is 13.5. The maximum Gasteiger partial charge on any atom is 0.263 e. The van der Waals surface area contributed by atoms with Gasteiger partial charge >= 0.3 is 0 Å². The Labute approximate surface area is 106 Å². The van der Waals surface area contributed by atoms with Crippen molar-refractivity contribution in [1.82, 2.24) is 9.29 Å². The van der Waals surface area contributed by atoms with Gasteiger partial charge in [-0.15, -0.1) is 0 Å². The van der Waals surface area contributed by atoms with E-state index in [1.54, 1.807) is 0 Å². The molecule has 2 heterocycles. The van der Waals surface area contributed by atoms with Crippen molar-refractivity contribution in [3.05, 3.63) is 24.1 Å². The number of rotatable bonds is 3. The first kappa shape index (κ1) is 13.4. The molecular weight excluding hydrogens is 257 g/mol. The van der Waals surface area contributed by atoms with Gasteiger partial charge in [0.15, 0.2) is 5.82 Å². The highest BCUT2D eigenvalue weighted by atomic mass is 32.2. The molecule has 5 nitrogen and oxygen atoms in total. The van der Waals surface area contributed by atoms with Crippen LogP contribution in [0.4, 0.5) is 4.39 Å². The number of nitrogens with zero attached hydrogens (tertiary/aromatic N) is 2. The van der Waals surface area contributed by atoms with Gasteiger partial charge in [-0.25, -0.2) is 17.8 Å². The summed E-state index contributed by atoms with van der Waals surface area (Å²) >= 11 is 0. The van der Waals surface area contributed by atoms with Crippen LogP contribution in [-0.4, -0.2) is 37.3 Å². The molecule has 100 valence electrons. The van der Waals surface area contributed by atoms with Crippen LogP contribution in [0.15, 0.2) is 23.4 Å². The summed E-state index contributed by atoms with van der Waals surface area (Å²) in [7, 11) is -3.82. The molecule has 0 radical (unpaired) electrons. The molecule has 7 heteroatoms. The lowest BCUT2D eigenvalue weighted by atomic mass is 9.99. The summed E-state index contributed by atoms with van der Waals surface area (Å²) in [6, 6.07) is 2.47. The third-order valence-electron chi connectivity index (χ3n) is 3.22. The fourth-order valence-corrected chi connectivity index (χ4v) is 3.51. The van der Waals surface area contributed by atoms with Crippen molar-refractivity contribution >= 4 is 10.0 Å². The van der Waals surface area contributed by atoms with Gasteiger partial charge in [-0.05, 0) is 37.4 Å². The molecule has 0 unspecified atom stereocenters. The molecule has 0 spiro atoms. The second kappa shape index (κ2) is 5.29. The van der Waals surface area contributed by atoms with Crippen molar-refractivity contribution in [2.24, 2.45) is 11.7 Å². The van der Waals surface area contributed by atoms with Crippen LogP contribution >= 0.6 is 0 Å². The smallest absolute Gasteiger partial charge is 0.263 e. The summed E-state index contributed by atoms with van der Waals surface area (Å²) in [4.78, 5) is 3.64. The van der Waals surface area contributed by atoms with Crippen LogP contribution in [0.2, 0.25) is 0 Å². The van der Waals surface area contributed by atoms with E-state index in [0.29, 0.717) is 38.4 Å². The van der Waals surface area contributed by atoms with E-state index in [4.69, 9.17) is 5.73 Å². The number of pyridine rings is 1. The van der Waals surface area contributed by atoms with Crippen LogP contribution in [0, 0.1) is 11.7 Å². The van der Waals surface area contributed by atoms with E-state index in [1.807, 2.05) is 0 Å². The Balaban J connectivity index is 2.20. The quantitative estimate of drug-likeness (QED) is 0.874. The fourth-order valence-electron chi connectivity index (χ4n) is 2.07. The first-order chi connectivity index (χ1) is 8.55. The van der Waals surface area contributed by atoms with E-state index >= 15 is 0 Å². The Kier molecular flexibility index (Phi) is 3.94. The zero-order valence-electron chi connectivity index (χ0n) is 9.92. The molecule has 0 bridgehead atoms. The molecule has 2 N–H and O–H groups in total. The normalized spacial score (nSPS) is 19.0. The Morgan fingerprint density at radius 3 is 2.67 bits per heavy atom. The van der Waals surface area contributed by atoms with E-state index in [1.165, 1.54) is 16.6 Å². The molecule has 0 saturated carbocycles. The highest BCUT2D eigenvalue weighted by Gasteiger charge is 2.31. The van der Waals surface area contributed by atoms with E-state index < -0.39 is 20.9 Å². The minimum Gasteiger partial charge on any atom is -0.330 e. The lowest BCUT2D eigenvalue weighted by molar-refractivity contribution is 0.277. The van der Waals surface area contributed by atoms with Gasteiger partial charge in [-0.2, -0.15) is 4.31 Å². The van der Waals surface area contributed by atoms with Crippen molar-refractivity contribution in [2.75, 3.05) is 19.6 Å². The highest BCUT2D eigenvalue weighted by molar-refractivity contribution is 7.89. The standard InChI is InChI=1S/C11H16FN3O2S/c12-10-2-1-5-14-11(10)18(16,17)15-6-3-9(8-13)4-7-15/h1-2,5,9H,3-4,6-8,13H2. The average molecular weight is 273 g/mol. The largest absolute Gasteiger partial charge is 0.330 e. The van der Waals surface area contributed by atoms with Crippen molar-refractivity contribution in [2.45, 2.75) is 17.9 Å². The SMILES string of the molecule is NCC1CCN(S(=O)(=O)c2ncccc2F)CC1. The summed E-state index contributed by atoms with van der Waals surface area (Å²) in [5, 5.41) is -0.490. The van der Waals surface area contributed by atoms with Crippen molar-refractivity contribution in [1.29, 1.82) is 0 Å². The van der Waals surface area contributed by atoms with Crippen molar-refractivity contribution in [3.63, 3.8) is 0 Å². The first-order valence-corrected chi connectivity index (χ1v) is 7.30. The topological polar surface area (TPSA) is 76.3 Å². The minimum absolute atomic E-state index is 0.352. The number of hydrogen-bond acceptors (Lipinski definition) is 4. The summed E-state index contributed by atoms with van der Waals surface area (Å²) in [6.07, 6.45) is 2.71. The molecule has 1 aliphatic heterocycles. The average Bonchev–Trinajstić information content (AvgIpc) is 2.39. The molecule has 1 fully saturated rings. The molecule has 2 rings (SSSR count). The van der Waals surface area contributed by atoms with Gasteiger partial charge in [0.2, 0.25) is 5.03 Å². The van der Waals surface area contributed by atoms with Crippen LogP contribution < -0.4 is 5.73 Å². The van der Waals surface area contributed by atoms with Gasteiger partial charge in [-0.3, -0.25) is 0 Å². The predicted octanol–water partition coefficient (Wildman–Crippen LogP) is 0.580. The number of aromatic nitrogens is 1. The summed E-state index contributed by atoms with van der Waals surface area (Å²) in [6.45, 7) is 1.31. The lowest BCUT2D eigenvalue weighted by Crippen LogP contribution is -2.40. The van der Waals surface area contributed by atoms with Gasteiger partial charge in [0.1, 0.15) is 0 Å². The summed E-state index contributed by atoms with van der Waals surface area (Å²) in [5.41, 5.74) is 5.55.